The van der Waals surface area contributed by atoms with E-state index < -0.39 is 5.92 Å². The second-order valence-electron chi connectivity index (χ2n) is 4.91. The molecule has 1 aliphatic rings. The Bertz CT molecular complexity index is 377. The van der Waals surface area contributed by atoms with Crippen LogP contribution in [-0.4, -0.2) is 21.7 Å². The molecular formula is C12H19F2N3. The molecule has 17 heavy (non-hydrogen) atoms. The van der Waals surface area contributed by atoms with Gasteiger partial charge in [-0.2, -0.15) is 5.10 Å². The van der Waals surface area contributed by atoms with Gasteiger partial charge in [0.25, 0.3) is 0 Å². The summed E-state index contributed by atoms with van der Waals surface area (Å²) in [5.74, 6) is -2.44. The Hall–Kier alpha value is -0.970. The molecule has 1 heterocycles. The van der Waals surface area contributed by atoms with E-state index in [2.05, 4.69) is 10.4 Å². The SMILES string of the molecule is Cc1cc(CNC2CCC(F)(F)CC2)n(C)n1. The molecule has 5 heteroatoms. The number of hydrogen-bond donors (Lipinski definition) is 1. The minimum absolute atomic E-state index is 0.00901. The molecule has 0 amide bonds. The van der Waals surface area contributed by atoms with Crippen molar-refractivity contribution in [1.29, 1.82) is 0 Å². The zero-order valence-electron chi connectivity index (χ0n) is 10.3. The van der Waals surface area contributed by atoms with Crippen molar-refractivity contribution in [2.75, 3.05) is 0 Å². The standard InChI is InChI=1S/C12H19F2N3/c1-9-7-11(17(2)16-9)8-15-10-3-5-12(13,14)6-4-10/h7,10,15H,3-6,8H2,1-2H3. The van der Waals surface area contributed by atoms with Crippen molar-refractivity contribution in [2.45, 2.75) is 51.1 Å². The molecule has 0 unspecified atom stereocenters. The van der Waals surface area contributed by atoms with Gasteiger partial charge >= 0.3 is 0 Å². The van der Waals surface area contributed by atoms with Crippen LogP contribution in [0, 0.1) is 6.92 Å². The van der Waals surface area contributed by atoms with E-state index >= 15 is 0 Å². The largest absolute Gasteiger partial charge is 0.308 e. The molecule has 0 bridgehead atoms. The van der Waals surface area contributed by atoms with Crippen molar-refractivity contribution in [1.82, 2.24) is 15.1 Å². The van der Waals surface area contributed by atoms with Crippen LogP contribution in [-0.2, 0) is 13.6 Å². The Balaban J connectivity index is 1.82. The molecule has 1 saturated carbocycles. The highest BCUT2D eigenvalue weighted by Gasteiger charge is 2.34. The van der Waals surface area contributed by atoms with Gasteiger partial charge in [0.1, 0.15) is 0 Å². The van der Waals surface area contributed by atoms with Gasteiger partial charge in [0, 0.05) is 32.5 Å². The average molecular weight is 243 g/mol. The van der Waals surface area contributed by atoms with Gasteiger partial charge in [0.05, 0.1) is 11.4 Å². The first-order chi connectivity index (χ1) is 7.96. The average Bonchev–Trinajstić information content (AvgIpc) is 2.56. The maximum atomic E-state index is 13.0. The molecule has 0 radical (unpaired) electrons. The topological polar surface area (TPSA) is 29.9 Å². The van der Waals surface area contributed by atoms with Crippen molar-refractivity contribution in [2.24, 2.45) is 7.05 Å². The van der Waals surface area contributed by atoms with Crippen LogP contribution >= 0.6 is 0 Å². The molecule has 2 rings (SSSR count). The highest BCUT2D eigenvalue weighted by atomic mass is 19.3. The summed E-state index contributed by atoms with van der Waals surface area (Å²) in [6, 6.07) is 2.23. The number of hydrogen-bond acceptors (Lipinski definition) is 2. The smallest absolute Gasteiger partial charge is 0.248 e. The number of rotatable bonds is 3. The lowest BCUT2D eigenvalue weighted by Gasteiger charge is -2.28. The monoisotopic (exact) mass is 243 g/mol. The summed E-state index contributed by atoms with van der Waals surface area (Å²) in [6.07, 6.45) is 1.14. The Morgan fingerprint density at radius 3 is 2.65 bits per heavy atom. The van der Waals surface area contributed by atoms with Gasteiger partial charge in [-0.3, -0.25) is 4.68 Å². The molecule has 0 aliphatic heterocycles. The van der Waals surface area contributed by atoms with Crippen LogP contribution in [0.15, 0.2) is 6.07 Å². The molecule has 3 nitrogen and oxygen atoms in total. The fraction of sp³-hybridized carbons (Fsp3) is 0.750. The van der Waals surface area contributed by atoms with Gasteiger partial charge < -0.3 is 5.32 Å². The molecule has 0 saturated heterocycles. The summed E-state index contributed by atoms with van der Waals surface area (Å²) in [7, 11) is 1.90. The molecule has 1 N–H and O–H groups in total. The van der Waals surface area contributed by atoms with E-state index in [4.69, 9.17) is 0 Å². The highest BCUT2D eigenvalue weighted by Crippen LogP contribution is 2.33. The first kappa shape index (κ1) is 12.5. The van der Waals surface area contributed by atoms with Gasteiger partial charge in [-0.05, 0) is 25.8 Å². The minimum Gasteiger partial charge on any atom is -0.308 e. The molecule has 1 aromatic heterocycles. The third-order valence-electron chi connectivity index (χ3n) is 3.39. The highest BCUT2D eigenvalue weighted by molar-refractivity contribution is 5.08. The zero-order valence-corrected chi connectivity index (χ0v) is 10.3. The lowest BCUT2D eigenvalue weighted by molar-refractivity contribution is -0.0405. The maximum absolute atomic E-state index is 13.0. The van der Waals surface area contributed by atoms with Gasteiger partial charge in [-0.1, -0.05) is 0 Å². The molecule has 1 aliphatic carbocycles. The van der Waals surface area contributed by atoms with Gasteiger partial charge in [0.2, 0.25) is 5.92 Å². The third-order valence-corrected chi connectivity index (χ3v) is 3.39. The van der Waals surface area contributed by atoms with E-state index in [-0.39, 0.29) is 18.9 Å². The molecule has 0 spiro atoms. The van der Waals surface area contributed by atoms with Crippen LogP contribution in [0.2, 0.25) is 0 Å². The summed E-state index contributed by atoms with van der Waals surface area (Å²) in [4.78, 5) is 0. The van der Waals surface area contributed by atoms with E-state index in [1.165, 1.54) is 0 Å². The number of aryl methyl sites for hydroxylation is 2. The molecule has 1 fully saturated rings. The third kappa shape index (κ3) is 3.25. The lowest BCUT2D eigenvalue weighted by atomic mass is 9.92. The van der Waals surface area contributed by atoms with Gasteiger partial charge in [0.15, 0.2) is 0 Å². The predicted molar refractivity (Wildman–Crippen MR) is 62.0 cm³/mol. The van der Waals surface area contributed by atoms with E-state index in [1.807, 2.05) is 24.7 Å². The second kappa shape index (κ2) is 4.72. The summed E-state index contributed by atoms with van der Waals surface area (Å²) in [6.45, 7) is 2.65. The maximum Gasteiger partial charge on any atom is 0.248 e. The molecule has 1 aromatic rings. The zero-order chi connectivity index (χ0) is 12.5. The minimum atomic E-state index is -2.44. The Morgan fingerprint density at radius 1 is 1.47 bits per heavy atom. The molecule has 0 aromatic carbocycles. The fourth-order valence-corrected chi connectivity index (χ4v) is 2.32. The van der Waals surface area contributed by atoms with E-state index in [0.29, 0.717) is 19.4 Å². The predicted octanol–water partition coefficient (Wildman–Crippen LogP) is 2.40. The summed E-state index contributed by atoms with van der Waals surface area (Å²) < 4.78 is 27.8. The van der Waals surface area contributed by atoms with E-state index in [9.17, 15) is 8.78 Å². The van der Waals surface area contributed by atoms with E-state index in [1.54, 1.807) is 0 Å². The summed E-state index contributed by atoms with van der Waals surface area (Å²) >= 11 is 0. The number of nitrogens with one attached hydrogen (secondary N) is 1. The normalized spacial score (nSPS) is 20.7. The number of aromatic nitrogens is 2. The van der Waals surface area contributed by atoms with Crippen molar-refractivity contribution < 1.29 is 8.78 Å². The van der Waals surface area contributed by atoms with Gasteiger partial charge in [-0.15, -0.1) is 0 Å². The lowest BCUT2D eigenvalue weighted by Crippen LogP contribution is -2.36. The first-order valence-electron chi connectivity index (χ1n) is 6.07. The van der Waals surface area contributed by atoms with Crippen LogP contribution in [0.5, 0.6) is 0 Å². The van der Waals surface area contributed by atoms with E-state index in [0.717, 1.165) is 11.4 Å². The number of nitrogens with zero attached hydrogens (tertiary/aromatic N) is 2. The van der Waals surface area contributed by atoms with Crippen molar-refractivity contribution in [3.8, 4) is 0 Å². The van der Waals surface area contributed by atoms with Crippen LogP contribution in [0.4, 0.5) is 8.78 Å². The van der Waals surface area contributed by atoms with Crippen LogP contribution in [0.1, 0.15) is 37.1 Å². The molecule has 96 valence electrons. The Morgan fingerprint density at radius 2 is 2.12 bits per heavy atom. The first-order valence-corrected chi connectivity index (χ1v) is 6.07. The number of halogens is 2. The molecule has 0 atom stereocenters. The second-order valence-corrected chi connectivity index (χ2v) is 4.91. The summed E-state index contributed by atoms with van der Waals surface area (Å²) in [5, 5.41) is 7.59. The van der Waals surface area contributed by atoms with Crippen LogP contribution in [0.3, 0.4) is 0 Å². The quantitative estimate of drug-likeness (QED) is 0.883. The Kier molecular flexibility index (Phi) is 3.47. The molecular weight excluding hydrogens is 224 g/mol. The fourth-order valence-electron chi connectivity index (χ4n) is 2.32. The van der Waals surface area contributed by atoms with Gasteiger partial charge in [-0.25, -0.2) is 8.78 Å². The van der Waals surface area contributed by atoms with Crippen molar-refractivity contribution in [3.05, 3.63) is 17.5 Å². The van der Waals surface area contributed by atoms with Crippen molar-refractivity contribution in [3.63, 3.8) is 0 Å². The van der Waals surface area contributed by atoms with Crippen LogP contribution < -0.4 is 5.32 Å². The summed E-state index contributed by atoms with van der Waals surface area (Å²) in [5.41, 5.74) is 2.08. The van der Waals surface area contributed by atoms with Crippen molar-refractivity contribution >= 4 is 0 Å². The number of alkyl halides is 2. The van der Waals surface area contributed by atoms with Crippen LogP contribution in [0.25, 0.3) is 0 Å². The Labute approximate surface area is 100 Å².